The minimum absolute atomic E-state index is 0.216. The minimum atomic E-state index is 0.216. The van der Waals surface area contributed by atoms with Gasteiger partial charge in [0.1, 0.15) is 12.4 Å². The van der Waals surface area contributed by atoms with Crippen LogP contribution in [0.3, 0.4) is 0 Å². The van der Waals surface area contributed by atoms with E-state index in [1.54, 1.807) is 0 Å². The molecule has 5 nitrogen and oxygen atoms in total. The van der Waals surface area contributed by atoms with Crippen LogP contribution in [-0.2, 0) is 5.75 Å². The molecule has 3 aliphatic heterocycles. The zero-order valence-corrected chi connectivity index (χ0v) is 17.4. The lowest BCUT2D eigenvalue weighted by Crippen LogP contribution is -2.26. The molecular weight excluding hydrogens is 392 g/mol. The molecule has 30 heavy (non-hydrogen) atoms. The summed E-state index contributed by atoms with van der Waals surface area (Å²) in [6, 6.07) is 21.9. The second-order valence-electron chi connectivity index (χ2n) is 7.91. The van der Waals surface area contributed by atoms with Crippen LogP contribution < -0.4 is 26.0 Å². The molecule has 3 heterocycles. The van der Waals surface area contributed by atoms with Gasteiger partial charge in [0.2, 0.25) is 0 Å². The Bertz CT molecular complexity index is 1100. The highest BCUT2D eigenvalue weighted by Gasteiger charge is 2.24. The van der Waals surface area contributed by atoms with Crippen molar-refractivity contribution in [2.45, 2.75) is 17.2 Å². The van der Waals surface area contributed by atoms with Gasteiger partial charge < -0.3 is 26.0 Å². The number of fused-ring (bicyclic) bond motifs is 3. The largest absolute Gasteiger partial charge is 0.490 e. The molecule has 0 amide bonds. The number of hydrogen-bond acceptors (Lipinski definition) is 6. The molecule has 0 aliphatic carbocycles. The molecule has 6 rings (SSSR count). The molecule has 152 valence electrons. The number of benzene rings is 3. The number of rotatable bonds is 2. The number of hydrogen-bond donors (Lipinski definition) is 4. The predicted octanol–water partition coefficient (Wildman–Crippen LogP) is 5.43. The Hall–Kier alpha value is -2.99. The number of ether oxygens (including phenoxy) is 1. The maximum Gasteiger partial charge on any atom is 0.142 e. The molecule has 0 saturated carbocycles. The van der Waals surface area contributed by atoms with Gasteiger partial charge in [0.25, 0.3) is 0 Å². The van der Waals surface area contributed by atoms with Crippen LogP contribution in [0.4, 0.5) is 22.7 Å². The van der Waals surface area contributed by atoms with Crippen LogP contribution in [-0.4, -0.2) is 19.7 Å². The van der Waals surface area contributed by atoms with Gasteiger partial charge in [-0.1, -0.05) is 30.3 Å². The van der Waals surface area contributed by atoms with Gasteiger partial charge in [-0.2, -0.15) is 0 Å². The van der Waals surface area contributed by atoms with Crippen LogP contribution >= 0.6 is 11.8 Å². The summed E-state index contributed by atoms with van der Waals surface area (Å²) < 4.78 is 5.81. The van der Waals surface area contributed by atoms with Crippen LogP contribution in [0, 0.1) is 0 Å². The average Bonchev–Trinajstić information content (AvgIpc) is 2.83. The van der Waals surface area contributed by atoms with Gasteiger partial charge in [-0.15, -0.1) is 11.8 Å². The fraction of sp³-hybridized carbons (Fsp3) is 0.250. The Morgan fingerprint density at radius 3 is 2.70 bits per heavy atom. The van der Waals surface area contributed by atoms with Gasteiger partial charge in [0.05, 0.1) is 28.5 Å². The molecule has 0 bridgehead atoms. The van der Waals surface area contributed by atoms with E-state index in [4.69, 9.17) is 4.74 Å². The summed E-state index contributed by atoms with van der Waals surface area (Å²) in [5, 5.41) is 14.7. The van der Waals surface area contributed by atoms with E-state index in [9.17, 15) is 0 Å². The van der Waals surface area contributed by atoms with Crippen molar-refractivity contribution in [2.24, 2.45) is 0 Å². The van der Waals surface area contributed by atoms with E-state index in [1.807, 2.05) is 11.8 Å². The summed E-state index contributed by atoms with van der Waals surface area (Å²) in [7, 11) is 0. The third-order valence-corrected chi connectivity index (χ3v) is 7.17. The molecule has 2 atom stereocenters. The molecule has 3 aromatic carbocycles. The Morgan fingerprint density at radius 2 is 1.70 bits per heavy atom. The second-order valence-corrected chi connectivity index (χ2v) is 9.00. The Labute approximate surface area is 180 Å². The van der Waals surface area contributed by atoms with Crippen molar-refractivity contribution in [1.29, 1.82) is 0 Å². The first-order chi connectivity index (χ1) is 14.8. The molecular formula is C24H24N4OS. The van der Waals surface area contributed by atoms with Gasteiger partial charge >= 0.3 is 0 Å². The van der Waals surface area contributed by atoms with Crippen molar-refractivity contribution in [3.8, 4) is 5.75 Å². The first-order valence-electron chi connectivity index (χ1n) is 10.4. The highest BCUT2D eigenvalue weighted by Crippen LogP contribution is 2.42. The van der Waals surface area contributed by atoms with Crippen molar-refractivity contribution >= 4 is 34.5 Å². The fourth-order valence-corrected chi connectivity index (χ4v) is 5.49. The minimum Gasteiger partial charge on any atom is -0.490 e. The molecule has 3 aliphatic rings. The van der Waals surface area contributed by atoms with Crippen molar-refractivity contribution in [3.05, 3.63) is 77.4 Å². The maximum absolute atomic E-state index is 5.81. The summed E-state index contributed by atoms with van der Waals surface area (Å²) in [6.45, 7) is 2.43. The SMILES string of the molecule is c1ccc2c(c1)CSC(c1ccc3c(c1)NCC(c1ccc4c(c1)OCCN4)N3)N2. The molecule has 0 saturated heterocycles. The standard InChI is InChI=1S/C24H24N4OS/c1-2-4-18-17(3-1)14-30-24(28-18)16-6-7-19-21(11-16)26-13-22(27-19)15-5-8-20-23(12-15)29-10-9-25-20/h1-8,11-12,22,24-28H,9-10,13-14H2. The summed E-state index contributed by atoms with van der Waals surface area (Å²) in [5.74, 6) is 1.98. The topological polar surface area (TPSA) is 57.4 Å². The highest BCUT2D eigenvalue weighted by molar-refractivity contribution is 7.98. The fourth-order valence-electron chi connectivity index (χ4n) is 4.34. The summed E-state index contributed by atoms with van der Waals surface area (Å²) in [5.41, 5.74) is 8.56. The Balaban J connectivity index is 1.21. The lowest BCUT2D eigenvalue weighted by molar-refractivity contribution is 0.323. The van der Waals surface area contributed by atoms with Crippen LogP contribution in [0.1, 0.15) is 28.1 Å². The first kappa shape index (κ1) is 17.8. The smallest absolute Gasteiger partial charge is 0.142 e. The molecule has 0 fully saturated rings. The molecule has 3 aromatic rings. The van der Waals surface area contributed by atoms with E-state index in [0.717, 1.165) is 42.6 Å². The third-order valence-electron chi connectivity index (χ3n) is 5.97. The lowest BCUT2D eigenvalue weighted by atomic mass is 10.0. The van der Waals surface area contributed by atoms with E-state index < -0.39 is 0 Å². The van der Waals surface area contributed by atoms with Crippen LogP contribution in [0.25, 0.3) is 0 Å². The van der Waals surface area contributed by atoms with Crippen molar-refractivity contribution in [2.75, 3.05) is 41.0 Å². The van der Waals surface area contributed by atoms with Gasteiger partial charge in [-0.25, -0.2) is 0 Å². The van der Waals surface area contributed by atoms with Crippen molar-refractivity contribution in [1.82, 2.24) is 0 Å². The normalized spacial score (nSPS) is 21.3. The van der Waals surface area contributed by atoms with E-state index in [0.29, 0.717) is 0 Å². The van der Waals surface area contributed by atoms with E-state index in [-0.39, 0.29) is 11.4 Å². The monoisotopic (exact) mass is 416 g/mol. The van der Waals surface area contributed by atoms with Crippen molar-refractivity contribution < 1.29 is 4.74 Å². The molecule has 0 aromatic heterocycles. The molecule has 6 heteroatoms. The van der Waals surface area contributed by atoms with E-state index in [1.165, 1.54) is 28.1 Å². The highest BCUT2D eigenvalue weighted by atomic mass is 32.2. The number of thioether (sulfide) groups is 1. The van der Waals surface area contributed by atoms with Crippen LogP contribution in [0.2, 0.25) is 0 Å². The van der Waals surface area contributed by atoms with Crippen molar-refractivity contribution in [3.63, 3.8) is 0 Å². The first-order valence-corrected chi connectivity index (χ1v) is 11.5. The average molecular weight is 417 g/mol. The van der Waals surface area contributed by atoms with E-state index >= 15 is 0 Å². The second kappa shape index (κ2) is 7.36. The summed E-state index contributed by atoms with van der Waals surface area (Å²) in [4.78, 5) is 0. The number of anilines is 4. The van der Waals surface area contributed by atoms with Crippen LogP contribution in [0.15, 0.2) is 60.7 Å². The van der Waals surface area contributed by atoms with Crippen LogP contribution in [0.5, 0.6) is 5.75 Å². The lowest BCUT2D eigenvalue weighted by Gasteiger charge is -2.32. The van der Waals surface area contributed by atoms with Gasteiger partial charge in [-0.05, 0) is 47.0 Å². The quantitative estimate of drug-likeness (QED) is 0.447. The zero-order valence-electron chi connectivity index (χ0n) is 16.6. The summed E-state index contributed by atoms with van der Waals surface area (Å²) in [6.07, 6.45) is 0. The van der Waals surface area contributed by atoms with Gasteiger partial charge in [0.15, 0.2) is 0 Å². The molecule has 0 radical (unpaired) electrons. The third kappa shape index (κ3) is 3.21. The Kier molecular flexibility index (Phi) is 4.38. The van der Waals surface area contributed by atoms with E-state index in [2.05, 4.69) is 81.9 Å². The molecule has 2 unspecified atom stereocenters. The number of para-hydroxylation sites is 1. The molecule has 0 spiro atoms. The maximum atomic E-state index is 5.81. The Morgan fingerprint density at radius 1 is 0.800 bits per heavy atom. The van der Waals surface area contributed by atoms with Gasteiger partial charge in [0, 0.05) is 24.5 Å². The molecule has 4 N–H and O–H groups in total. The zero-order chi connectivity index (χ0) is 19.9. The summed E-state index contributed by atoms with van der Waals surface area (Å²) >= 11 is 1.94. The number of nitrogens with one attached hydrogen (secondary N) is 4. The predicted molar refractivity (Wildman–Crippen MR) is 126 cm³/mol. The van der Waals surface area contributed by atoms with Gasteiger partial charge in [-0.3, -0.25) is 0 Å².